The third kappa shape index (κ3) is 3.61. The third-order valence-electron chi connectivity index (χ3n) is 3.77. The number of rotatable bonds is 4. The lowest BCUT2D eigenvalue weighted by molar-refractivity contribution is 0.0872. The summed E-state index contributed by atoms with van der Waals surface area (Å²) < 4.78 is 0. The lowest BCUT2D eigenvalue weighted by Crippen LogP contribution is -2.43. The minimum absolute atomic E-state index is 0.0335. The summed E-state index contributed by atoms with van der Waals surface area (Å²) in [5.74, 6) is 0.537. The minimum atomic E-state index is -0.170. The second-order valence-electron chi connectivity index (χ2n) is 5.12. The molecule has 1 saturated carbocycles. The zero-order valence-corrected chi connectivity index (χ0v) is 12.3. The van der Waals surface area contributed by atoms with Crippen LogP contribution in [0.4, 0.5) is 5.82 Å². The Kier molecular flexibility index (Phi) is 5.20. The van der Waals surface area contributed by atoms with Gasteiger partial charge in [0.25, 0.3) is 5.91 Å². The van der Waals surface area contributed by atoms with Crippen molar-refractivity contribution in [3.63, 3.8) is 0 Å². The maximum absolute atomic E-state index is 12.3. The Morgan fingerprint density at radius 3 is 2.90 bits per heavy atom. The van der Waals surface area contributed by atoms with Crippen molar-refractivity contribution in [1.82, 2.24) is 10.3 Å². The van der Waals surface area contributed by atoms with Crippen LogP contribution in [-0.2, 0) is 0 Å². The maximum Gasteiger partial charge on any atom is 0.251 e. The number of hydrogen-bond acceptors (Lipinski definition) is 4. The smallest absolute Gasteiger partial charge is 0.251 e. The molecule has 0 aromatic carbocycles. The number of amides is 1. The van der Waals surface area contributed by atoms with Gasteiger partial charge < -0.3 is 15.7 Å². The van der Waals surface area contributed by atoms with E-state index >= 15 is 0 Å². The summed E-state index contributed by atoms with van der Waals surface area (Å²) in [5.41, 5.74) is 0.483. The second kappa shape index (κ2) is 6.90. The molecule has 5 nitrogen and oxygen atoms in total. The van der Waals surface area contributed by atoms with E-state index in [0.29, 0.717) is 11.4 Å². The van der Waals surface area contributed by atoms with Gasteiger partial charge >= 0.3 is 0 Å². The van der Waals surface area contributed by atoms with Crippen molar-refractivity contribution >= 4 is 23.3 Å². The Morgan fingerprint density at radius 2 is 2.20 bits per heavy atom. The van der Waals surface area contributed by atoms with Crippen molar-refractivity contribution in [3.05, 3.63) is 22.8 Å². The number of hydrogen-bond donors (Lipinski definition) is 3. The standard InChI is InChI=1S/C14H20ClN3O2/c1-16-13-7-10(6-12(15)18-13)14(20)17-11-5-3-2-4-9(11)8-19/h6-7,9,11,19H,2-5,8H2,1H3,(H,16,18)(H,17,20). The van der Waals surface area contributed by atoms with Gasteiger partial charge in [0.05, 0.1) is 0 Å². The predicted molar refractivity (Wildman–Crippen MR) is 79.1 cm³/mol. The molecule has 3 N–H and O–H groups in total. The number of halogens is 1. The van der Waals surface area contributed by atoms with Crippen LogP contribution in [0.5, 0.6) is 0 Å². The average molecular weight is 298 g/mol. The molecular weight excluding hydrogens is 278 g/mol. The van der Waals surface area contributed by atoms with Gasteiger partial charge in [-0.25, -0.2) is 4.98 Å². The Balaban J connectivity index is 2.09. The Labute approximate surface area is 123 Å². The monoisotopic (exact) mass is 297 g/mol. The Bertz CT molecular complexity index is 481. The summed E-state index contributed by atoms with van der Waals surface area (Å²) in [5, 5.41) is 15.5. The van der Waals surface area contributed by atoms with Gasteiger partial charge in [-0.2, -0.15) is 0 Å². The van der Waals surface area contributed by atoms with Crippen LogP contribution in [0, 0.1) is 5.92 Å². The van der Waals surface area contributed by atoms with E-state index in [-0.39, 0.29) is 29.6 Å². The van der Waals surface area contributed by atoms with E-state index < -0.39 is 0 Å². The Morgan fingerprint density at radius 1 is 1.45 bits per heavy atom. The lowest BCUT2D eigenvalue weighted by Gasteiger charge is -2.30. The van der Waals surface area contributed by atoms with E-state index in [2.05, 4.69) is 15.6 Å². The Hall–Kier alpha value is -1.33. The number of aliphatic hydroxyl groups excluding tert-OH is 1. The summed E-state index contributed by atoms with van der Waals surface area (Å²) in [4.78, 5) is 16.3. The highest BCUT2D eigenvalue weighted by molar-refractivity contribution is 6.29. The summed E-state index contributed by atoms with van der Waals surface area (Å²) in [6, 6.07) is 3.25. The van der Waals surface area contributed by atoms with Crippen molar-refractivity contribution < 1.29 is 9.90 Å². The van der Waals surface area contributed by atoms with Gasteiger partial charge in [0.15, 0.2) is 0 Å². The molecule has 1 heterocycles. The number of aliphatic hydroxyl groups is 1. The zero-order chi connectivity index (χ0) is 14.5. The van der Waals surface area contributed by atoms with E-state index in [4.69, 9.17) is 11.6 Å². The molecule has 0 spiro atoms. The number of anilines is 1. The van der Waals surface area contributed by atoms with Crippen molar-refractivity contribution in [2.45, 2.75) is 31.7 Å². The summed E-state index contributed by atoms with van der Waals surface area (Å²) in [6.07, 6.45) is 4.07. The van der Waals surface area contributed by atoms with E-state index in [0.717, 1.165) is 25.7 Å². The van der Waals surface area contributed by atoms with Crippen molar-refractivity contribution in [3.8, 4) is 0 Å². The highest BCUT2D eigenvalue weighted by Crippen LogP contribution is 2.24. The average Bonchev–Trinajstić information content (AvgIpc) is 2.47. The van der Waals surface area contributed by atoms with Crippen LogP contribution < -0.4 is 10.6 Å². The van der Waals surface area contributed by atoms with Gasteiger partial charge in [-0.1, -0.05) is 24.4 Å². The van der Waals surface area contributed by atoms with Crippen molar-refractivity contribution in [2.24, 2.45) is 5.92 Å². The first kappa shape index (κ1) is 15.1. The highest BCUT2D eigenvalue weighted by Gasteiger charge is 2.26. The first-order chi connectivity index (χ1) is 9.63. The third-order valence-corrected chi connectivity index (χ3v) is 3.97. The van der Waals surface area contributed by atoms with Gasteiger partial charge in [-0.05, 0) is 25.0 Å². The van der Waals surface area contributed by atoms with Gasteiger partial charge in [0.1, 0.15) is 11.0 Å². The molecule has 1 aliphatic rings. The lowest BCUT2D eigenvalue weighted by atomic mass is 9.85. The molecule has 2 rings (SSSR count). The van der Waals surface area contributed by atoms with E-state index in [1.807, 2.05) is 0 Å². The molecular formula is C14H20ClN3O2. The highest BCUT2D eigenvalue weighted by atomic mass is 35.5. The molecule has 0 saturated heterocycles. The van der Waals surface area contributed by atoms with Gasteiger partial charge in [-0.15, -0.1) is 0 Å². The number of carbonyl (C=O) groups excluding carboxylic acids is 1. The molecule has 20 heavy (non-hydrogen) atoms. The van der Waals surface area contributed by atoms with E-state index in [1.54, 1.807) is 19.2 Å². The maximum atomic E-state index is 12.3. The second-order valence-corrected chi connectivity index (χ2v) is 5.51. The summed E-state index contributed by atoms with van der Waals surface area (Å²) in [6.45, 7) is 0.115. The molecule has 0 aliphatic heterocycles. The fourth-order valence-electron chi connectivity index (χ4n) is 2.62. The van der Waals surface area contributed by atoms with Crippen LogP contribution in [0.15, 0.2) is 12.1 Å². The minimum Gasteiger partial charge on any atom is -0.396 e. The molecule has 0 bridgehead atoms. The number of nitrogens with zero attached hydrogens (tertiary/aromatic N) is 1. The number of nitrogens with one attached hydrogen (secondary N) is 2. The van der Waals surface area contributed by atoms with Crippen LogP contribution in [0.1, 0.15) is 36.0 Å². The number of carbonyl (C=O) groups is 1. The molecule has 0 radical (unpaired) electrons. The molecule has 1 fully saturated rings. The van der Waals surface area contributed by atoms with Gasteiger partial charge in [0.2, 0.25) is 0 Å². The van der Waals surface area contributed by atoms with Crippen LogP contribution in [0.25, 0.3) is 0 Å². The predicted octanol–water partition coefficient (Wildman–Crippen LogP) is 2.06. The first-order valence-electron chi connectivity index (χ1n) is 6.91. The van der Waals surface area contributed by atoms with Crippen LogP contribution in [0.3, 0.4) is 0 Å². The van der Waals surface area contributed by atoms with Gasteiger partial charge in [-0.3, -0.25) is 4.79 Å². The van der Waals surface area contributed by atoms with E-state index in [9.17, 15) is 9.90 Å². The summed E-state index contributed by atoms with van der Waals surface area (Å²) >= 11 is 5.90. The molecule has 6 heteroatoms. The molecule has 1 aliphatic carbocycles. The molecule has 2 atom stereocenters. The summed E-state index contributed by atoms with van der Waals surface area (Å²) in [7, 11) is 1.73. The SMILES string of the molecule is CNc1cc(C(=O)NC2CCCCC2CO)cc(Cl)n1. The van der Waals surface area contributed by atoms with Gasteiger partial charge in [0, 0.05) is 31.2 Å². The van der Waals surface area contributed by atoms with Crippen LogP contribution in [0.2, 0.25) is 5.15 Å². The van der Waals surface area contributed by atoms with Crippen LogP contribution in [-0.4, -0.2) is 35.7 Å². The molecule has 2 unspecified atom stereocenters. The van der Waals surface area contributed by atoms with Crippen molar-refractivity contribution in [1.29, 1.82) is 0 Å². The molecule has 1 aromatic heterocycles. The first-order valence-corrected chi connectivity index (χ1v) is 7.29. The zero-order valence-electron chi connectivity index (χ0n) is 11.5. The molecule has 1 amide bonds. The fourth-order valence-corrected chi connectivity index (χ4v) is 2.83. The normalized spacial score (nSPS) is 22.4. The largest absolute Gasteiger partial charge is 0.396 e. The number of aromatic nitrogens is 1. The quantitative estimate of drug-likeness (QED) is 0.744. The fraction of sp³-hybridized carbons (Fsp3) is 0.571. The van der Waals surface area contributed by atoms with Crippen LogP contribution >= 0.6 is 11.6 Å². The molecule has 110 valence electrons. The topological polar surface area (TPSA) is 74.2 Å². The number of pyridine rings is 1. The van der Waals surface area contributed by atoms with E-state index in [1.165, 1.54) is 0 Å². The molecule has 1 aromatic rings. The van der Waals surface area contributed by atoms with Crippen molar-refractivity contribution in [2.75, 3.05) is 19.0 Å².